The van der Waals surface area contributed by atoms with Crippen LogP contribution in [0.3, 0.4) is 0 Å². The van der Waals surface area contributed by atoms with Crippen molar-refractivity contribution < 1.29 is 4.74 Å². The van der Waals surface area contributed by atoms with Gasteiger partial charge in [-0.25, -0.2) is 4.98 Å². The molecule has 0 bridgehead atoms. The second-order valence-corrected chi connectivity index (χ2v) is 4.44. The molecule has 0 saturated carbocycles. The summed E-state index contributed by atoms with van der Waals surface area (Å²) in [6, 6.07) is 5.56. The molecule has 2 aromatic rings. The number of nitrogens with zero attached hydrogens (tertiary/aromatic N) is 1. The summed E-state index contributed by atoms with van der Waals surface area (Å²) in [7, 11) is 0. The van der Waals surface area contributed by atoms with Gasteiger partial charge in [-0.2, -0.15) is 0 Å². The lowest BCUT2D eigenvalue weighted by Crippen LogP contribution is -1.92. The number of ether oxygens (including phenoxy) is 1. The Balaban J connectivity index is 2.38. The van der Waals surface area contributed by atoms with Gasteiger partial charge in [-0.1, -0.05) is 11.6 Å². The normalized spacial score (nSPS) is 10.4. The first-order chi connectivity index (χ1) is 7.72. The summed E-state index contributed by atoms with van der Waals surface area (Å²) in [6.07, 6.45) is 0. The molecule has 3 nitrogen and oxygen atoms in total. The minimum Gasteiger partial charge on any atom is -0.492 e. The van der Waals surface area contributed by atoms with Gasteiger partial charge in [0.05, 0.1) is 17.1 Å². The Bertz CT molecular complexity index is 498. The van der Waals surface area contributed by atoms with Crippen molar-refractivity contribution >= 4 is 27.9 Å². The fourth-order valence-corrected chi connectivity index (χ4v) is 2.18. The number of hydrogen-bond donors (Lipinski definition) is 1. The number of halogens is 1. The fourth-order valence-electron chi connectivity index (χ4n) is 1.39. The topological polar surface area (TPSA) is 48.1 Å². The molecule has 0 fully saturated rings. The zero-order valence-corrected chi connectivity index (χ0v) is 10.3. The van der Waals surface area contributed by atoms with Crippen LogP contribution in [0.5, 0.6) is 5.75 Å². The number of hydrogen-bond acceptors (Lipinski definition) is 4. The van der Waals surface area contributed by atoms with E-state index >= 15 is 0 Å². The van der Waals surface area contributed by atoms with E-state index in [1.54, 1.807) is 5.51 Å². The molecule has 0 aliphatic heterocycles. The van der Waals surface area contributed by atoms with Crippen molar-refractivity contribution in [3.63, 3.8) is 0 Å². The molecule has 0 atom stereocenters. The van der Waals surface area contributed by atoms with Crippen LogP contribution in [0.1, 0.15) is 6.92 Å². The summed E-state index contributed by atoms with van der Waals surface area (Å²) >= 11 is 7.50. The third kappa shape index (κ3) is 2.13. The Kier molecular flexibility index (Phi) is 3.31. The monoisotopic (exact) mass is 254 g/mol. The Morgan fingerprint density at radius 3 is 2.88 bits per heavy atom. The average molecular weight is 255 g/mol. The van der Waals surface area contributed by atoms with Gasteiger partial charge >= 0.3 is 0 Å². The van der Waals surface area contributed by atoms with Gasteiger partial charge in [-0.3, -0.25) is 0 Å². The SMILES string of the molecule is CCOc1ccc(-c2ncsc2N)cc1Cl. The third-order valence-electron chi connectivity index (χ3n) is 2.10. The molecule has 1 aromatic carbocycles. The highest BCUT2D eigenvalue weighted by Crippen LogP contribution is 2.33. The predicted molar refractivity (Wildman–Crippen MR) is 68.1 cm³/mol. The Labute approximate surface area is 103 Å². The lowest BCUT2D eigenvalue weighted by Gasteiger charge is -2.06. The predicted octanol–water partition coefficient (Wildman–Crippen LogP) is 3.44. The van der Waals surface area contributed by atoms with Crippen molar-refractivity contribution in [3.05, 3.63) is 28.7 Å². The van der Waals surface area contributed by atoms with Gasteiger partial charge < -0.3 is 10.5 Å². The van der Waals surface area contributed by atoms with Gasteiger partial charge in [-0.05, 0) is 25.1 Å². The van der Waals surface area contributed by atoms with Crippen LogP contribution in [-0.2, 0) is 0 Å². The summed E-state index contributed by atoms with van der Waals surface area (Å²) in [4.78, 5) is 4.20. The summed E-state index contributed by atoms with van der Waals surface area (Å²) in [5, 5.41) is 1.27. The van der Waals surface area contributed by atoms with Crippen molar-refractivity contribution in [3.8, 4) is 17.0 Å². The number of rotatable bonds is 3. The molecule has 0 saturated heterocycles. The van der Waals surface area contributed by atoms with Gasteiger partial charge in [0.1, 0.15) is 16.4 Å². The molecular formula is C11H11ClN2OS. The molecule has 1 aromatic heterocycles. The van der Waals surface area contributed by atoms with E-state index in [-0.39, 0.29) is 0 Å². The first-order valence-electron chi connectivity index (χ1n) is 4.84. The number of nitrogens with two attached hydrogens (primary N) is 1. The van der Waals surface area contributed by atoms with Gasteiger partial charge in [0.25, 0.3) is 0 Å². The first-order valence-corrected chi connectivity index (χ1v) is 6.09. The maximum atomic E-state index is 6.09. The van der Waals surface area contributed by atoms with Gasteiger partial charge in [0.15, 0.2) is 0 Å². The molecule has 2 N–H and O–H groups in total. The van der Waals surface area contributed by atoms with E-state index < -0.39 is 0 Å². The van der Waals surface area contributed by atoms with Crippen molar-refractivity contribution in [2.45, 2.75) is 6.92 Å². The summed E-state index contributed by atoms with van der Waals surface area (Å²) < 4.78 is 5.36. The zero-order valence-electron chi connectivity index (χ0n) is 8.74. The van der Waals surface area contributed by atoms with E-state index in [1.807, 2.05) is 25.1 Å². The van der Waals surface area contributed by atoms with E-state index in [9.17, 15) is 0 Å². The molecule has 0 amide bonds. The highest BCUT2D eigenvalue weighted by Gasteiger charge is 2.08. The zero-order chi connectivity index (χ0) is 11.5. The van der Waals surface area contributed by atoms with Crippen LogP contribution in [0, 0.1) is 0 Å². The second-order valence-electron chi connectivity index (χ2n) is 3.14. The number of nitrogen functional groups attached to an aromatic ring is 1. The number of aromatic nitrogens is 1. The molecule has 0 aliphatic rings. The van der Waals surface area contributed by atoms with E-state index in [0.29, 0.717) is 22.4 Å². The molecule has 2 rings (SSSR count). The van der Waals surface area contributed by atoms with Crippen molar-refractivity contribution in [1.29, 1.82) is 0 Å². The summed E-state index contributed by atoms with van der Waals surface area (Å²) in [5.74, 6) is 0.682. The van der Waals surface area contributed by atoms with Crippen LogP contribution in [-0.4, -0.2) is 11.6 Å². The van der Waals surface area contributed by atoms with Crippen LogP contribution in [0.4, 0.5) is 5.00 Å². The van der Waals surface area contributed by atoms with Crippen LogP contribution in [0.15, 0.2) is 23.7 Å². The van der Waals surface area contributed by atoms with Crippen LogP contribution >= 0.6 is 22.9 Å². The van der Waals surface area contributed by atoms with Gasteiger partial charge in [0.2, 0.25) is 0 Å². The van der Waals surface area contributed by atoms with Crippen molar-refractivity contribution in [2.24, 2.45) is 0 Å². The van der Waals surface area contributed by atoms with Crippen LogP contribution in [0.25, 0.3) is 11.3 Å². The number of benzene rings is 1. The highest BCUT2D eigenvalue weighted by atomic mass is 35.5. The largest absolute Gasteiger partial charge is 0.492 e. The number of anilines is 1. The third-order valence-corrected chi connectivity index (χ3v) is 3.05. The summed E-state index contributed by atoms with van der Waals surface area (Å²) in [5.41, 5.74) is 9.20. The molecular weight excluding hydrogens is 244 g/mol. The van der Waals surface area contributed by atoms with E-state index in [1.165, 1.54) is 11.3 Å². The molecule has 84 valence electrons. The van der Waals surface area contributed by atoms with Crippen LogP contribution in [0.2, 0.25) is 5.02 Å². The van der Waals surface area contributed by atoms with E-state index in [0.717, 1.165) is 11.3 Å². The average Bonchev–Trinajstić information content (AvgIpc) is 2.68. The molecule has 5 heteroatoms. The molecule has 1 heterocycles. The van der Waals surface area contributed by atoms with Crippen molar-refractivity contribution in [1.82, 2.24) is 4.98 Å². The quantitative estimate of drug-likeness (QED) is 0.913. The minimum atomic E-state index is 0.576. The first kappa shape index (κ1) is 11.2. The van der Waals surface area contributed by atoms with E-state index in [2.05, 4.69) is 4.98 Å². The maximum absolute atomic E-state index is 6.09. The maximum Gasteiger partial charge on any atom is 0.137 e. The standard InChI is InChI=1S/C11H11ClN2OS/c1-2-15-9-4-3-7(5-8(9)12)10-11(13)16-6-14-10/h3-6H,2,13H2,1H3. The lowest BCUT2D eigenvalue weighted by atomic mass is 10.1. The smallest absolute Gasteiger partial charge is 0.137 e. The summed E-state index contributed by atoms with van der Waals surface area (Å²) in [6.45, 7) is 2.51. The molecule has 0 spiro atoms. The highest BCUT2D eigenvalue weighted by molar-refractivity contribution is 7.14. The van der Waals surface area contributed by atoms with Gasteiger partial charge in [-0.15, -0.1) is 11.3 Å². The minimum absolute atomic E-state index is 0.576. The fraction of sp³-hybridized carbons (Fsp3) is 0.182. The Hall–Kier alpha value is -1.26. The molecule has 0 radical (unpaired) electrons. The number of thiazole rings is 1. The Morgan fingerprint density at radius 2 is 2.31 bits per heavy atom. The molecule has 0 aliphatic carbocycles. The van der Waals surface area contributed by atoms with E-state index in [4.69, 9.17) is 22.1 Å². The second kappa shape index (κ2) is 4.72. The molecule has 0 unspecified atom stereocenters. The Morgan fingerprint density at radius 1 is 1.50 bits per heavy atom. The van der Waals surface area contributed by atoms with Crippen LogP contribution < -0.4 is 10.5 Å². The van der Waals surface area contributed by atoms with Crippen molar-refractivity contribution in [2.75, 3.05) is 12.3 Å². The molecule has 16 heavy (non-hydrogen) atoms. The lowest BCUT2D eigenvalue weighted by molar-refractivity contribution is 0.340. The van der Waals surface area contributed by atoms with Gasteiger partial charge in [0, 0.05) is 5.56 Å².